The van der Waals surface area contributed by atoms with Gasteiger partial charge in [-0.3, -0.25) is 4.79 Å². The second kappa shape index (κ2) is 8.09. The Morgan fingerprint density at radius 2 is 1.48 bits per heavy atom. The molecule has 0 radical (unpaired) electrons. The Hall–Kier alpha value is -2.40. The van der Waals surface area contributed by atoms with Crippen molar-refractivity contribution >= 4 is 21.3 Å². The third-order valence-corrected chi connectivity index (χ3v) is 7.02. The van der Waals surface area contributed by atoms with Crippen molar-refractivity contribution in [2.24, 2.45) is 0 Å². The first-order chi connectivity index (χ1) is 12.8. The van der Waals surface area contributed by atoms with Crippen LogP contribution in [0.25, 0.3) is 0 Å². The van der Waals surface area contributed by atoms with Crippen LogP contribution in [0.2, 0.25) is 0 Å². The van der Waals surface area contributed by atoms with E-state index in [1.807, 2.05) is 12.1 Å². The average molecular weight is 384 g/mol. The molecule has 0 aliphatic carbocycles. The molecule has 0 aromatic heterocycles. The zero-order valence-electron chi connectivity index (χ0n) is 15.8. The molecule has 0 spiro atoms. The van der Waals surface area contributed by atoms with Crippen LogP contribution in [0.15, 0.2) is 60.7 Å². The van der Waals surface area contributed by atoms with E-state index in [-0.39, 0.29) is 11.5 Å². The summed E-state index contributed by atoms with van der Waals surface area (Å²) in [6, 6.07) is 15.0. The fourth-order valence-electron chi connectivity index (χ4n) is 2.99. The second-order valence-electron chi connectivity index (χ2n) is 7.20. The van der Waals surface area contributed by atoms with Gasteiger partial charge in [0.2, 0.25) is 0 Å². The minimum absolute atomic E-state index is 0.00591. The van der Waals surface area contributed by atoms with E-state index in [2.05, 4.69) is 29.2 Å². The molecule has 5 heteroatoms. The predicted molar refractivity (Wildman–Crippen MR) is 110 cm³/mol. The summed E-state index contributed by atoms with van der Waals surface area (Å²) >= 11 is 0. The van der Waals surface area contributed by atoms with Gasteiger partial charge in [0.25, 0.3) is 0 Å². The lowest BCUT2D eigenvalue weighted by Crippen LogP contribution is -2.18. The largest absolute Gasteiger partial charge is 0.364 e. The molecule has 0 N–H and O–H groups in total. The topological polar surface area (TPSA) is 54.5 Å². The molecule has 2 aromatic rings. The third kappa shape index (κ3) is 4.86. The van der Waals surface area contributed by atoms with E-state index in [9.17, 15) is 13.2 Å². The summed E-state index contributed by atoms with van der Waals surface area (Å²) in [7, 11) is -3.14. The maximum absolute atomic E-state index is 12.5. The zero-order chi connectivity index (χ0) is 19.4. The number of rotatable bonds is 7. The number of nitrogens with zero attached hydrogens (tertiary/aromatic N) is 1. The molecule has 142 valence electrons. The summed E-state index contributed by atoms with van der Waals surface area (Å²) in [6.45, 7) is 5.21. The summed E-state index contributed by atoms with van der Waals surface area (Å²) in [5.41, 5.74) is 3.45. The van der Waals surface area contributed by atoms with Gasteiger partial charge < -0.3 is 4.90 Å². The lowest BCUT2D eigenvalue weighted by molar-refractivity contribution is 0.0993. The number of sulfone groups is 1. The van der Waals surface area contributed by atoms with Crippen LogP contribution in [-0.2, 0) is 22.0 Å². The summed E-state index contributed by atoms with van der Waals surface area (Å²) in [5, 5.41) is -0.405. The van der Waals surface area contributed by atoms with Crippen LogP contribution in [0.5, 0.6) is 0 Å². The molecule has 0 bridgehead atoms. The first-order valence-corrected chi connectivity index (χ1v) is 10.9. The highest BCUT2D eigenvalue weighted by atomic mass is 32.2. The van der Waals surface area contributed by atoms with Gasteiger partial charge >= 0.3 is 0 Å². The molecule has 27 heavy (non-hydrogen) atoms. The molecule has 2 aromatic carbocycles. The van der Waals surface area contributed by atoms with Crippen molar-refractivity contribution in [2.75, 3.05) is 18.0 Å². The molecule has 0 unspecified atom stereocenters. The van der Waals surface area contributed by atoms with Gasteiger partial charge in [0.1, 0.15) is 0 Å². The number of Topliss-reactive ketones (excluding diaryl/α,β-unsaturated/α-hetero) is 1. The van der Waals surface area contributed by atoms with E-state index >= 15 is 0 Å². The fourth-order valence-corrected chi connectivity index (χ4v) is 3.98. The zero-order valence-corrected chi connectivity index (χ0v) is 16.6. The third-order valence-electron chi connectivity index (χ3n) is 4.85. The molecule has 3 rings (SSSR count). The summed E-state index contributed by atoms with van der Waals surface area (Å²) in [5.74, 6) is 0.0373. The summed E-state index contributed by atoms with van der Waals surface area (Å²) in [6.07, 6.45) is 4.63. The molecule has 1 aliphatic heterocycles. The first-order valence-electron chi connectivity index (χ1n) is 9.18. The van der Waals surface area contributed by atoms with Gasteiger partial charge in [-0.05, 0) is 37.1 Å². The van der Waals surface area contributed by atoms with Gasteiger partial charge in [-0.1, -0.05) is 48.6 Å². The number of anilines is 1. The molecular formula is C22H25NO3S. The highest BCUT2D eigenvalue weighted by molar-refractivity contribution is 7.91. The molecule has 0 saturated heterocycles. The molecule has 0 fully saturated rings. The number of benzene rings is 2. The van der Waals surface area contributed by atoms with Crippen LogP contribution in [-0.4, -0.2) is 32.5 Å². The fraction of sp³-hybridized carbons (Fsp3) is 0.318. The smallest absolute Gasteiger partial charge is 0.167 e. The minimum Gasteiger partial charge on any atom is -0.364 e. The van der Waals surface area contributed by atoms with Crippen molar-refractivity contribution in [1.82, 2.24) is 0 Å². The summed E-state index contributed by atoms with van der Waals surface area (Å²) < 4.78 is 24.0. The van der Waals surface area contributed by atoms with Gasteiger partial charge in [0, 0.05) is 30.8 Å². The molecule has 0 saturated carbocycles. The SMILES string of the molecule is CC(C)S(=O)(=O)Cc1ccc(C(=O)Cc2ccc(N3CC=CC3)cc2)cc1. The Morgan fingerprint density at radius 1 is 0.926 bits per heavy atom. The van der Waals surface area contributed by atoms with Crippen LogP contribution in [0.4, 0.5) is 5.69 Å². The van der Waals surface area contributed by atoms with Crippen LogP contribution < -0.4 is 4.90 Å². The maximum Gasteiger partial charge on any atom is 0.167 e. The number of ketones is 1. The van der Waals surface area contributed by atoms with Crippen molar-refractivity contribution < 1.29 is 13.2 Å². The van der Waals surface area contributed by atoms with Crippen LogP contribution in [0, 0.1) is 0 Å². The van der Waals surface area contributed by atoms with E-state index in [0.29, 0.717) is 17.5 Å². The molecule has 1 heterocycles. The van der Waals surface area contributed by atoms with E-state index in [4.69, 9.17) is 0 Å². The van der Waals surface area contributed by atoms with Crippen molar-refractivity contribution in [1.29, 1.82) is 0 Å². The molecule has 1 aliphatic rings. The standard InChI is InChI=1S/C22H25NO3S/c1-17(2)27(25,26)16-19-5-9-20(10-6-19)22(24)15-18-7-11-21(12-8-18)23-13-3-4-14-23/h3-12,17H,13-16H2,1-2H3. The lowest BCUT2D eigenvalue weighted by atomic mass is 10.0. The van der Waals surface area contributed by atoms with E-state index in [1.54, 1.807) is 38.1 Å². The number of hydrogen-bond acceptors (Lipinski definition) is 4. The Labute approximate surface area is 161 Å². The van der Waals surface area contributed by atoms with Gasteiger partial charge in [0.05, 0.1) is 11.0 Å². The quantitative estimate of drug-likeness (QED) is 0.539. The van der Waals surface area contributed by atoms with Gasteiger partial charge in [-0.2, -0.15) is 0 Å². The number of hydrogen-bond donors (Lipinski definition) is 0. The first kappa shape index (κ1) is 19.4. The van der Waals surface area contributed by atoms with E-state index < -0.39 is 15.1 Å². The van der Waals surface area contributed by atoms with Gasteiger partial charge in [0.15, 0.2) is 15.6 Å². The molecule has 4 nitrogen and oxygen atoms in total. The van der Waals surface area contributed by atoms with E-state index in [1.165, 1.54) is 0 Å². The summed E-state index contributed by atoms with van der Waals surface area (Å²) in [4.78, 5) is 14.8. The van der Waals surface area contributed by atoms with Crippen LogP contribution >= 0.6 is 0 Å². The van der Waals surface area contributed by atoms with Crippen molar-refractivity contribution in [2.45, 2.75) is 31.3 Å². The van der Waals surface area contributed by atoms with Crippen molar-refractivity contribution in [3.63, 3.8) is 0 Å². The van der Waals surface area contributed by atoms with Crippen molar-refractivity contribution in [3.8, 4) is 0 Å². The number of carbonyl (C=O) groups is 1. The van der Waals surface area contributed by atoms with E-state index in [0.717, 1.165) is 24.3 Å². The highest BCUT2D eigenvalue weighted by Crippen LogP contribution is 2.19. The Kier molecular flexibility index (Phi) is 5.80. The second-order valence-corrected chi connectivity index (χ2v) is 9.75. The van der Waals surface area contributed by atoms with Crippen molar-refractivity contribution in [3.05, 3.63) is 77.4 Å². The lowest BCUT2D eigenvalue weighted by Gasteiger charge is -2.17. The molecule has 0 amide bonds. The normalized spacial score (nSPS) is 14.1. The van der Waals surface area contributed by atoms with Crippen LogP contribution in [0.3, 0.4) is 0 Å². The molecule has 0 atom stereocenters. The average Bonchev–Trinajstić information content (AvgIpc) is 3.17. The predicted octanol–water partition coefficient (Wildman–Crippen LogP) is 3.81. The van der Waals surface area contributed by atoms with Gasteiger partial charge in [-0.15, -0.1) is 0 Å². The Balaban J connectivity index is 1.62. The molecular weight excluding hydrogens is 358 g/mol. The highest BCUT2D eigenvalue weighted by Gasteiger charge is 2.17. The Morgan fingerprint density at radius 3 is 2.04 bits per heavy atom. The van der Waals surface area contributed by atoms with Crippen LogP contribution in [0.1, 0.15) is 35.3 Å². The van der Waals surface area contributed by atoms with Gasteiger partial charge in [-0.25, -0.2) is 8.42 Å². The maximum atomic E-state index is 12.5. The Bertz CT molecular complexity index is 919. The minimum atomic E-state index is -3.14. The number of carbonyl (C=O) groups excluding carboxylic acids is 1. The monoisotopic (exact) mass is 383 g/mol.